The second-order valence-corrected chi connectivity index (χ2v) is 13.6. The first kappa shape index (κ1) is 27.2. The van der Waals surface area contributed by atoms with Crippen molar-refractivity contribution in [1.82, 2.24) is 0 Å². The van der Waals surface area contributed by atoms with E-state index < -0.39 is 0 Å². The average Bonchev–Trinajstić information content (AvgIpc) is 3.18. The lowest BCUT2D eigenvalue weighted by Crippen LogP contribution is -2.64. The highest BCUT2D eigenvalue weighted by atomic mass is 16.6. The predicted molar refractivity (Wildman–Crippen MR) is 143 cm³/mol. The maximum Gasteiger partial charge on any atom is 0.338 e. The minimum absolute atomic E-state index is 0.0569. The number of fused-ring (bicyclic) bond motifs is 5. The van der Waals surface area contributed by atoms with Crippen molar-refractivity contribution in [3.63, 3.8) is 0 Å². The van der Waals surface area contributed by atoms with E-state index in [1.54, 1.807) is 0 Å². The molecule has 0 aromatic heterocycles. The number of hydrogen-bond donors (Lipinski definition) is 0. The Kier molecular flexibility index (Phi) is 6.93. The lowest BCUT2D eigenvalue weighted by molar-refractivity contribution is -0.221. The van der Waals surface area contributed by atoms with Crippen LogP contribution in [-0.4, -0.2) is 36.2 Å². The Morgan fingerprint density at radius 3 is 2.00 bits per heavy atom. The summed E-state index contributed by atoms with van der Waals surface area (Å²) in [5, 5.41) is 0. The van der Waals surface area contributed by atoms with Gasteiger partial charge in [0.15, 0.2) is 0 Å². The molecule has 4 saturated carbocycles. The number of benzene rings is 1. The number of esters is 3. The Morgan fingerprint density at radius 1 is 0.737 bits per heavy atom. The van der Waals surface area contributed by atoms with Gasteiger partial charge in [0.2, 0.25) is 0 Å². The minimum atomic E-state index is -0.273. The molecule has 0 aliphatic heterocycles. The Labute approximate surface area is 227 Å². The normalized spacial score (nSPS) is 41.2. The number of hydrogen-bond acceptors (Lipinski definition) is 6. The SMILES string of the molecule is CC(=O)OC1CCC2(C)C3CCC4(C)C(OC(C)=O)CCC4C3C(OC(=O)c3ccccc3)CC2C1(C)C. The Morgan fingerprint density at radius 2 is 1.34 bits per heavy atom. The van der Waals surface area contributed by atoms with E-state index in [9.17, 15) is 14.4 Å². The summed E-state index contributed by atoms with van der Waals surface area (Å²) in [6.07, 6.45) is 6.02. The summed E-state index contributed by atoms with van der Waals surface area (Å²) in [6, 6.07) is 9.25. The fourth-order valence-electron chi connectivity index (χ4n) is 9.61. The molecule has 0 amide bonds. The van der Waals surface area contributed by atoms with E-state index in [0.29, 0.717) is 17.4 Å². The van der Waals surface area contributed by atoms with E-state index in [-0.39, 0.29) is 64.3 Å². The molecule has 0 heterocycles. The van der Waals surface area contributed by atoms with Crippen LogP contribution in [0.2, 0.25) is 0 Å². The zero-order valence-electron chi connectivity index (χ0n) is 23.8. The van der Waals surface area contributed by atoms with Gasteiger partial charge in [0.1, 0.15) is 18.3 Å². The summed E-state index contributed by atoms with van der Waals surface area (Å²) in [6.45, 7) is 12.2. The van der Waals surface area contributed by atoms with Gasteiger partial charge < -0.3 is 14.2 Å². The molecule has 6 nitrogen and oxygen atoms in total. The van der Waals surface area contributed by atoms with Gasteiger partial charge in [-0.2, -0.15) is 0 Å². The second kappa shape index (κ2) is 9.67. The number of carbonyl (C=O) groups excluding carboxylic acids is 3. The zero-order valence-corrected chi connectivity index (χ0v) is 23.8. The van der Waals surface area contributed by atoms with Crippen molar-refractivity contribution in [2.75, 3.05) is 0 Å². The summed E-state index contributed by atoms with van der Waals surface area (Å²) in [5.41, 5.74) is 0.276. The first-order valence-corrected chi connectivity index (χ1v) is 14.5. The third kappa shape index (κ3) is 4.36. The highest BCUT2D eigenvalue weighted by Crippen LogP contribution is 2.69. The number of rotatable bonds is 4. The van der Waals surface area contributed by atoms with Gasteiger partial charge in [0.05, 0.1) is 5.56 Å². The molecule has 0 saturated heterocycles. The van der Waals surface area contributed by atoms with Crippen LogP contribution in [0.1, 0.15) is 96.8 Å². The van der Waals surface area contributed by atoms with E-state index in [2.05, 4.69) is 27.7 Å². The maximum absolute atomic E-state index is 13.4. The van der Waals surface area contributed by atoms with Crippen LogP contribution in [0.4, 0.5) is 0 Å². The van der Waals surface area contributed by atoms with Crippen LogP contribution in [0.15, 0.2) is 30.3 Å². The molecular formula is C32H44O6. The third-order valence-electron chi connectivity index (χ3n) is 11.3. The van der Waals surface area contributed by atoms with Gasteiger partial charge in [-0.25, -0.2) is 4.79 Å². The third-order valence-corrected chi connectivity index (χ3v) is 11.3. The lowest BCUT2D eigenvalue weighted by atomic mass is 9.40. The van der Waals surface area contributed by atoms with E-state index in [1.807, 2.05) is 30.3 Å². The lowest BCUT2D eigenvalue weighted by Gasteiger charge is -2.65. The zero-order chi connectivity index (χ0) is 27.5. The maximum atomic E-state index is 13.4. The van der Waals surface area contributed by atoms with Crippen LogP contribution >= 0.6 is 0 Å². The molecule has 0 bridgehead atoms. The van der Waals surface area contributed by atoms with Crippen LogP contribution in [0.3, 0.4) is 0 Å². The van der Waals surface area contributed by atoms with Crippen molar-refractivity contribution < 1.29 is 28.6 Å². The topological polar surface area (TPSA) is 78.9 Å². The quantitative estimate of drug-likeness (QED) is 0.337. The van der Waals surface area contributed by atoms with Gasteiger partial charge in [0, 0.05) is 30.6 Å². The number of carbonyl (C=O) groups is 3. The second-order valence-electron chi connectivity index (χ2n) is 13.6. The first-order valence-electron chi connectivity index (χ1n) is 14.5. The molecule has 9 unspecified atom stereocenters. The van der Waals surface area contributed by atoms with Crippen molar-refractivity contribution in [3.05, 3.63) is 35.9 Å². The van der Waals surface area contributed by atoms with Crippen LogP contribution in [0, 0.1) is 39.9 Å². The predicted octanol–water partition coefficient (Wildman–Crippen LogP) is 6.36. The Hall–Kier alpha value is -2.37. The molecule has 4 aliphatic carbocycles. The number of ether oxygens (including phenoxy) is 3. The molecule has 9 atom stereocenters. The van der Waals surface area contributed by atoms with E-state index in [4.69, 9.17) is 14.2 Å². The fourth-order valence-corrected chi connectivity index (χ4v) is 9.61. The van der Waals surface area contributed by atoms with Crippen molar-refractivity contribution >= 4 is 17.9 Å². The van der Waals surface area contributed by atoms with Crippen LogP contribution in [0.5, 0.6) is 0 Å². The van der Waals surface area contributed by atoms with Crippen molar-refractivity contribution in [3.8, 4) is 0 Å². The highest BCUT2D eigenvalue weighted by Gasteiger charge is 2.67. The van der Waals surface area contributed by atoms with Gasteiger partial charge in [-0.15, -0.1) is 0 Å². The molecule has 1 aromatic carbocycles. The van der Waals surface area contributed by atoms with Gasteiger partial charge >= 0.3 is 17.9 Å². The molecule has 208 valence electrons. The summed E-state index contributed by atoms with van der Waals surface area (Å²) in [4.78, 5) is 37.3. The summed E-state index contributed by atoms with van der Waals surface area (Å²) in [5.74, 6) is 0.454. The van der Waals surface area contributed by atoms with Gasteiger partial charge in [0.25, 0.3) is 0 Å². The van der Waals surface area contributed by atoms with E-state index >= 15 is 0 Å². The minimum Gasteiger partial charge on any atom is -0.462 e. The molecule has 5 rings (SSSR count). The monoisotopic (exact) mass is 524 g/mol. The summed E-state index contributed by atoms with van der Waals surface area (Å²) < 4.78 is 18.2. The molecule has 0 spiro atoms. The van der Waals surface area contributed by atoms with Crippen molar-refractivity contribution in [1.29, 1.82) is 0 Å². The molecule has 4 aliphatic rings. The fraction of sp³-hybridized carbons (Fsp3) is 0.719. The standard InChI is InChI=1S/C32H44O6/c1-19(33)36-26-15-17-31(5)23-14-16-32(6)22(12-13-27(32)37-20(2)34)28(23)24(18-25(31)30(26,3)4)38-29(35)21-10-8-7-9-11-21/h7-11,22-28H,12-18H2,1-6H3. The first-order chi connectivity index (χ1) is 17.9. The van der Waals surface area contributed by atoms with E-state index in [1.165, 1.54) is 13.8 Å². The largest absolute Gasteiger partial charge is 0.462 e. The van der Waals surface area contributed by atoms with E-state index in [0.717, 1.165) is 44.9 Å². The molecule has 38 heavy (non-hydrogen) atoms. The van der Waals surface area contributed by atoms with Gasteiger partial charge in [-0.1, -0.05) is 45.9 Å². The smallest absolute Gasteiger partial charge is 0.338 e. The van der Waals surface area contributed by atoms with Crippen molar-refractivity contribution in [2.45, 2.75) is 105 Å². The Balaban J connectivity index is 1.52. The molecular weight excluding hydrogens is 480 g/mol. The highest BCUT2D eigenvalue weighted by molar-refractivity contribution is 5.89. The summed E-state index contributed by atoms with van der Waals surface area (Å²) in [7, 11) is 0. The molecule has 4 fully saturated rings. The summed E-state index contributed by atoms with van der Waals surface area (Å²) >= 11 is 0. The average molecular weight is 525 g/mol. The van der Waals surface area contributed by atoms with Crippen LogP contribution < -0.4 is 0 Å². The van der Waals surface area contributed by atoms with Gasteiger partial charge in [-0.05, 0) is 80.2 Å². The van der Waals surface area contributed by atoms with Gasteiger partial charge in [-0.3, -0.25) is 9.59 Å². The van der Waals surface area contributed by atoms with Crippen LogP contribution in [0.25, 0.3) is 0 Å². The van der Waals surface area contributed by atoms with Crippen LogP contribution in [-0.2, 0) is 23.8 Å². The van der Waals surface area contributed by atoms with Crippen molar-refractivity contribution in [2.24, 2.45) is 39.9 Å². The molecule has 0 N–H and O–H groups in total. The molecule has 1 aromatic rings. The molecule has 0 radical (unpaired) electrons. The Bertz CT molecular complexity index is 1080. The molecule has 6 heteroatoms.